The van der Waals surface area contributed by atoms with E-state index in [9.17, 15) is 0 Å². The first kappa shape index (κ1) is 15.0. The molecule has 1 aromatic heterocycles. The van der Waals surface area contributed by atoms with Crippen LogP contribution in [0.15, 0.2) is 59.0 Å². The molecule has 1 heterocycles. The van der Waals surface area contributed by atoms with E-state index >= 15 is 0 Å². The lowest BCUT2D eigenvalue weighted by Crippen LogP contribution is -1.91. The monoisotopic (exact) mass is 347 g/mol. The minimum atomic E-state index is 0.558. The van der Waals surface area contributed by atoms with Crippen LogP contribution in [0.3, 0.4) is 0 Å². The summed E-state index contributed by atoms with van der Waals surface area (Å²) in [7, 11) is 0. The molecule has 0 saturated heterocycles. The average Bonchev–Trinajstić information content (AvgIpc) is 3.00. The molecule has 1 N–H and O–H groups in total. The molecule has 0 aliphatic carbocycles. The third-order valence-electron chi connectivity index (χ3n) is 2.93. The Hall–Kier alpha value is -1.88. The van der Waals surface area contributed by atoms with Crippen molar-refractivity contribution in [3.05, 3.63) is 69.5 Å². The molecule has 3 nitrogen and oxygen atoms in total. The number of benzene rings is 2. The molecule has 0 unspecified atom stereocenters. The highest BCUT2D eigenvalue weighted by Crippen LogP contribution is 2.25. The number of aromatic nitrogens is 1. The summed E-state index contributed by atoms with van der Waals surface area (Å²) in [6, 6.07) is 15.3. The zero-order chi connectivity index (χ0) is 15.4. The maximum atomic E-state index is 6.08. The van der Waals surface area contributed by atoms with E-state index in [0.29, 0.717) is 20.7 Å². The van der Waals surface area contributed by atoms with Gasteiger partial charge in [-0.15, -0.1) is 11.3 Å². The van der Waals surface area contributed by atoms with Gasteiger partial charge in [0.05, 0.1) is 22.0 Å². The first-order chi connectivity index (χ1) is 10.7. The van der Waals surface area contributed by atoms with Gasteiger partial charge in [0.15, 0.2) is 0 Å². The van der Waals surface area contributed by atoms with Crippen molar-refractivity contribution in [2.45, 2.75) is 0 Å². The number of anilines is 1. The largest absolute Gasteiger partial charge is 0.253 e. The standard InChI is InChI=1S/C16H11Cl2N3S/c17-13-7-4-8-14(18)12(13)9-19-21-16-20-15(10-22-16)11-5-2-1-3-6-11/h1-10H,(H,20,21). The Morgan fingerprint density at radius 2 is 1.73 bits per heavy atom. The third-order valence-corrected chi connectivity index (χ3v) is 4.33. The molecule has 0 amide bonds. The Bertz CT molecular complexity index is 780. The Morgan fingerprint density at radius 1 is 1.00 bits per heavy atom. The van der Waals surface area contributed by atoms with Crippen molar-refractivity contribution in [2.24, 2.45) is 5.10 Å². The zero-order valence-electron chi connectivity index (χ0n) is 11.3. The summed E-state index contributed by atoms with van der Waals surface area (Å²) in [4.78, 5) is 4.48. The summed E-state index contributed by atoms with van der Waals surface area (Å²) < 4.78 is 0. The molecule has 0 fully saturated rings. The summed E-state index contributed by atoms with van der Waals surface area (Å²) in [6.07, 6.45) is 1.59. The Balaban J connectivity index is 1.72. The number of nitrogens with zero attached hydrogens (tertiary/aromatic N) is 2. The quantitative estimate of drug-likeness (QED) is 0.495. The highest BCUT2D eigenvalue weighted by molar-refractivity contribution is 7.14. The normalized spacial score (nSPS) is 11.0. The summed E-state index contributed by atoms with van der Waals surface area (Å²) in [5.74, 6) is 0. The maximum Gasteiger partial charge on any atom is 0.203 e. The molecule has 0 bridgehead atoms. The lowest BCUT2D eigenvalue weighted by molar-refractivity contribution is 1.29. The molecule has 0 spiro atoms. The number of thiazole rings is 1. The van der Waals surface area contributed by atoms with Crippen molar-refractivity contribution in [1.82, 2.24) is 4.98 Å². The van der Waals surface area contributed by atoms with Crippen molar-refractivity contribution in [1.29, 1.82) is 0 Å². The fourth-order valence-corrected chi connectivity index (χ4v) is 3.02. The van der Waals surface area contributed by atoms with Crippen LogP contribution in [0.25, 0.3) is 11.3 Å². The highest BCUT2D eigenvalue weighted by Gasteiger charge is 2.04. The summed E-state index contributed by atoms with van der Waals surface area (Å²) in [5.41, 5.74) is 5.57. The average molecular weight is 348 g/mol. The molecular weight excluding hydrogens is 337 g/mol. The maximum absolute atomic E-state index is 6.08. The predicted octanol–water partition coefficient (Wildman–Crippen LogP) is 5.56. The Kier molecular flexibility index (Phi) is 4.73. The van der Waals surface area contributed by atoms with Gasteiger partial charge in [0.25, 0.3) is 0 Å². The third kappa shape index (κ3) is 3.47. The van der Waals surface area contributed by atoms with E-state index in [2.05, 4.69) is 15.5 Å². The lowest BCUT2D eigenvalue weighted by atomic mass is 10.2. The number of nitrogens with one attached hydrogen (secondary N) is 1. The predicted molar refractivity (Wildman–Crippen MR) is 95.2 cm³/mol. The van der Waals surface area contributed by atoms with Crippen LogP contribution in [-0.2, 0) is 0 Å². The van der Waals surface area contributed by atoms with Crippen molar-refractivity contribution in [3.63, 3.8) is 0 Å². The van der Waals surface area contributed by atoms with Gasteiger partial charge < -0.3 is 0 Å². The van der Waals surface area contributed by atoms with Gasteiger partial charge in [0.1, 0.15) is 0 Å². The molecule has 0 radical (unpaired) electrons. The van der Waals surface area contributed by atoms with Crippen LogP contribution in [-0.4, -0.2) is 11.2 Å². The van der Waals surface area contributed by atoms with Gasteiger partial charge in [-0.05, 0) is 12.1 Å². The van der Waals surface area contributed by atoms with Crippen LogP contribution in [0.4, 0.5) is 5.13 Å². The highest BCUT2D eigenvalue weighted by atomic mass is 35.5. The van der Waals surface area contributed by atoms with Crippen molar-refractivity contribution < 1.29 is 0 Å². The molecule has 3 aromatic rings. The summed E-state index contributed by atoms with van der Waals surface area (Å²) in [6.45, 7) is 0. The second-order valence-corrected chi connectivity index (χ2v) is 6.08. The van der Waals surface area contributed by atoms with E-state index in [1.807, 2.05) is 35.7 Å². The lowest BCUT2D eigenvalue weighted by Gasteiger charge is -2.00. The van der Waals surface area contributed by atoms with E-state index < -0.39 is 0 Å². The summed E-state index contributed by atoms with van der Waals surface area (Å²) in [5, 5.41) is 7.95. The molecule has 6 heteroatoms. The van der Waals surface area contributed by atoms with Crippen LogP contribution < -0.4 is 5.43 Å². The van der Waals surface area contributed by atoms with Crippen molar-refractivity contribution in [3.8, 4) is 11.3 Å². The second kappa shape index (κ2) is 6.92. The zero-order valence-corrected chi connectivity index (χ0v) is 13.7. The van der Waals surface area contributed by atoms with Crippen LogP contribution in [0, 0.1) is 0 Å². The molecule has 0 aliphatic heterocycles. The Labute approximate surface area is 142 Å². The van der Waals surface area contributed by atoms with Gasteiger partial charge in [0, 0.05) is 16.5 Å². The number of hydrogen-bond donors (Lipinski definition) is 1. The minimum absolute atomic E-state index is 0.558. The Morgan fingerprint density at radius 3 is 2.45 bits per heavy atom. The topological polar surface area (TPSA) is 37.3 Å². The van der Waals surface area contributed by atoms with Crippen LogP contribution in [0.1, 0.15) is 5.56 Å². The molecule has 0 saturated carbocycles. The molecular formula is C16H11Cl2N3S. The first-order valence-electron chi connectivity index (χ1n) is 6.48. The molecule has 22 heavy (non-hydrogen) atoms. The number of hydrazone groups is 1. The van der Waals surface area contributed by atoms with E-state index in [1.54, 1.807) is 24.4 Å². The minimum Gasteiger partial charge on any atom is -0.253 e. The van der Waals surface area contributed by atoms with Gasteiger partial charge >= 0.3 is 0 Å². The molecule has 0 atom stereocenters. The van der Waals surface area contributed by atoms with Crippen LogP contribution in [0.5, 0.6) is 0 Å². The smallest absolute Gasteiger partial charge is 0.203 e. The number of hydrogen-bond acceptors (Lipinski definition) is 4. The van der Waals surface area contributed by atoms with Gasteiger partial charge in [-0.25, -0.2) is 4.98 Å². The SMILES string of the molecule is Clc1cccc(Cl)c1C=NNc1nc(-c2ccccc2)cs1. The van der Waals surface area contributed by atoms with Gasteiger partial charge in [-0.3, -0.25) is 5.43 Å². The molecule has 2 aromatic carbocycles. The van der Waals surface area contributed by atoms with E-state index in [-0.39, 0.29) is 0 Å². The molecule has 3 rings (SSSR count). The first-order valence-corrected chi connectivity index (χ1v) is 8.11. The fourth-order valence-electron chi connectivity index (χ4n) is 1.85. The van der Waals surface area contributed by atoms with E-state index in [1.165, 1.54) is 11.3 Å². The van der Waals surface area contributed by atoms with Crippen molar-refractivity contribution >= 4 is 45.9 Å². The number of rotatable bonds is 4. The van der Waals surface area contributed by atoms with Crippen LogP contribution >= 0.6 is 34.5 Å². The van der Waals surface area contributed by atoms with Crippen LogP contribution in [0.2, 0.25) is 10.0 Å². The molecule has 0 aliphatic rings. The van der Waals surface area contributed by atoms with E-state index in [0.717, 1.165) is 11.3 Å². The van der Waals surface area contributed by atoms with E-state index in [4.69, 9.17) is 23.2 Å². The summed E-state index contributed by atoms with van der Waals surface area (Å²) >= 11 is 13.6. The van der Waals surface area contributed by atoms with Gasteiger partial charge in [-0.2, -0.15) is 5.10 Å². The second-order valence-electron chi connectivity index (χ2n) is 4.41. The van der Waals surface area contributed by atoms with Crippen molar-refractivity contribution in [2.75, 3.05) is 5.43 Å². The molecule has 110 valence electrons. The number of halogens is 2. The van der Waals surface area contributed by atoms with Gasteiger partial charge in [0.2, 0.25) is 5.13 Å². The van der Waals surface area contributed by atoms with Gasteiger partial charge in [-0.1, -0.05) is 59.6 Å². The fraction of sp³-hybridized carbons (Fsp3) is 0.